The summed E-state index contributed by atoms with van der Waals surface area (Å²) in [4.78, 5) is 16.4. The Hall–Kier alpha value is -1.99. The minimum atomic E-state index is -3.74. The van der Waals surface area contributed by atoms with Crippen LogP contribution >= 0.6 is 0 Å². The van der Waals surface area contributed by atoms with Crippen LogP contribution in [0.5, 0.6) is 0 Å². The largest absolute Gasteiger partial charge is 0.377 e. The lowest BCUT2D eigenvalue weighted by molar-refractivity contribution is 0.0304. The highest BCUT2D eigenvalue weighted by molar-refractivity contribution is 7.90. The van der Waals surface area contributed by atoms with Crippen LogP contribution in [-0.4, -0.2) is 37.8 Å². The van der Waals surface area contributed by atoms with Crippen molar-refractivity contribution in [1.82, 2.24) is 9.71 Å². The van der Waals surface area contributed by atoms with Gasteiger partial charge in [-0.05, 0) is 36.8 Å². The van der Waals surface area contributed by atoms with Crippen molar-refractivity contribution in [3.05, 3.63) is 42.2 Å². The third-order valence-electron chi connectivity index (χ3n) is 3.85. The molecule has 1 aliphatic heterocycles. The van der Waals surface area contributed by atoms with Gasteiger partial charge in [0.15, 0.2) is 0 Å². The predicted octanol–water partition coefficient (Wildman–Crippen LogP) is 1.86. The zero-order chi connectivity index (χ0) is 16.3. The zero-order valence-electron chi connectivity index (χ0n) is 12.6. The van der Waals surface area contributed by atoms with Gasteiger partial charge >= 0.3 is 0 Å². The Morgan fingerprint density at radius 2 is 2.17 bits per heavy atom. The van der Waals surface area contributed by atoms with Crippen LogP contribution in [0.2, 0.25) is 0 Å². The number of hydrogen-bond donors (Lipinski definition) is 1. The fraction of sp³-hybridized carbons (Fsp3) is 0.375. The van der Waals surface area contributed by atoms with Crippen LogP contribution < -0.4 is 4.72 Å². The van der Waals surface area contributed by atoms with Gasteiger partial charge in [-0.3, -0.25) is 9.78 Å². The Balaban J connectivity index is 1.77. The van der Waals surface area contributed by atoms with Crippen molar-refractivity contribution in [3.63, 3.8) is 0 Å². The molecule has 2 heterocycles. The maximum Gasteiger partial charge on any atom is 0.265 e. The number of nitrogens with zero attached hydrogens (tertiary/aromatic N) is 1. The summed E-state index contributed by atoms with van der Waals surface area (Å²) in [5.41, 5.74) is 0.318. The molecule has 1 aromatic heterocycles. The van der Waals surface area contributed by atoms with E-state index < -0.39 is 15.9 Å². The number of amides is 1. The van der Waals surface area contributed by atoms with E-state index in [2.05, 4.69) is 9.71 Å². The van der Waals surface area contributed by atoms with Crippen LogP contribution in [0, 0.1) is 0 Å². The monoisotopic (exact) mass is 334 g/mol. The first kappa shape index (κ1) is 15.9. The predicted molar refractivity (Wildman–Crippen MR) is 86.6 cm³/mol. The Morgan fingerprint density at radius 1 is 1.30 bits per heavy atom. The molecule has 7 heteroatoms. The SMILES string of the molecule is O=C(NS(=O)(=O)C[C@@H]1CCCCO1)c1cccc2cnccc12. The molecule has 6 nitrogen and oxygen atoms in total. The summed E-state index contributed by atoms with van der Waals surface area (Å²) >= 11 is 0. The normalized spacial score (nSPS) is 18.7. The van der Waals surface area contributed by atoms with Crippen LogP contribution in [0.15, 0.2) is 36.7 Å². The number of sulfonamides is 1. The van der Waals surface area contributed by atoms with Crippen molar-refractivity contribution in [2.75, 3.05) is 12.4 Å². The van der Waals surface area contributed by atoms with E-state index in [0.29, 0.717) is 24.0 Å². The van der Waals surface area contributed by atoms with Crippen LogP contribution in [0.1, 0.15) is 29.6 Å². The number of fused-ring (bicyclic) bond motifs is 1. The van der Waals surface area contributed by atoms with Gasteiger partial charge < -0.3 is 4.74 Å². The molecule has 0 saturated carbocycles. The fourth-order valence-corrected chi connectivity index (χ4v) is 3.97. The van der Waals surface area contributed by atoms with E-state index >= 15 is 0 Å². The Labute approximate surface area is 134 Å². The highest BCUT2D eigenvalue weighted by atomic mass is 32.2. The summed E-state index contributed by atoms with van der Waals surface area (Å²) in [7, 11) is -3.74. The van der Waals surface area contributed by atoms with Gasteiger partial charge in [-0.2, -0.15) is 0 Å². The molecular weight excluding hydrogens is 316 g/mol. The van der Waals surface area contributed by atoms with Crippen molar-refractivity contribution >= 4 is 26.7 Å². The van der Waals surface area contributed by atoms with Gasteiger partial charge in [0.1, 0.15) is 0 Å². The van der Waals surface area contributed by atoms with Gasteiger partial charge in [0.2, 0.25) is 10.0 Å². The lowest BCUT2D eigenvalue weighted by Crippen LogP contribution is -2.38. The summed E-state index contributed by atoms with van der Waals surface area (Å²) in [6.07, 6.45) is 5.47. The van der Waals surface area contributed by atoms with Crippen LogP contribution in [0.25, 0.3) is 10.8 Å². The van der Waals surface area contributed by atoms with Gasteiger partial charge in [-0.1, -0.05) is 12.1 Å². The molecule has 1 aromatic carbocycles. The van der Waals surface area contributed by atoms with Crippen LogP contribution in [0.4, 0.5) is 0 Å². The van der Waals surface area contributed by atoms with Crippen molar-refractivity contribution in [2.24, 2.45) is 0 Å². The van der Waals surface area contributed by atoms with E-state index in [0.717, 1.165) is 18.2 Å². The molecule has 1 aliphatic rings. The Bertz CT molecular complexity index is 808. The van der Waals surface area contributed by atoms with E-state index in [4.69, 9.17) is 4.74 Å². The molecule has 3 rings (SSSR count). The smallest absolute Gasteiger partial charge is 0.265 e. The van der Waals surface area contributed by atoms with Gasteiger partial charge in [0, 0.05) is 30.0 Å². The molecule has 1 N–H and O–H groups in total. The van der Waals surface area contributed by atoms with E-state index in [-0.39, 0.29) is 11.9 Å². The Kier molecular flexibility index (Phi) is 4.58. The number of pyridine rings is 1. The molecule has 23 heavy (non-hydrogen) atoms. The lowest BCUT2D eigenvalue weighted by Gasteiger charge is -2.22. The van der Waals surface area contributed by atoms with Crippen LogP contribution in [0.3, 0.4) is 0 Å². The highest BCUT2D eigenvalue weighted by Crippen LogP contribution is 2.18. The van der Waals surface area contributed by atoms with Crippen LogP contribution in [-0.2, 0) is 14.8 Å². The second kappa shape index (κ2) is 6.64. The second-order valence-electron chi connectivity index (χ2n) is 5.60. The average Bonchev–Trinajstić information content (AvgIpc) is 2.54. The highest BCUT2D eigenvalue weighted by Gasteiger charge is 2.24. The van der Waals surface area contributed by atoms with Gasteiger partial charge in [0.05, 0.1) is 11.9 Å². The number of nitrogens with one attached hydrogen (secondary N) is 1. The number of benzene rings is 1. The van der Waals surface area contributed by atoms with E-state index in [9.17, 15) is 13.2 Å². The number of hydrogen-bond acceptors (Lipinski definition) is 5. The maximum atomic E-state index is 12.4. The molecule has 2 aromatic rings. The molecule has 0 bridgehead atoms. The Morgan fingerprint density at radius 3 is 2.96 bits per heavy atom. The molecular formula is C16H18N2O4S. The summed E-state index contributed by atoms with van der Waals surface area (Å²) in [5, 5.41) is 1.46. The average molecular weight is 334 g/mol. The number of ether oxygens (including phenoxy) is 1. The number of carbonyl (C=O) groups excluding carboxylic acids is 1. The summed E-state index contributed by atoms with van der Waals surface area (Å²) < 4.78 is 32.0. The van der Waals surface area contributed by atoms with Crippen molar-refractivity contribution < 1.29 is 17.9 Å². The lowest BCUT2D eigenvalue weighted by atomic mass is 10.1. The summed E-state index contributed by atoms with van der Waals surface area (Å²) in [5.74, 6) is -0.817. The zero-order valence-corrected chi connectivity index (χ0v) is 13.4. The summed E-state index contributed by atoms with van der Waals surface area (Å²) in [6, 6.07) is 6.82. The van der Waals surface area contributed by atoms with E-state index in [1.165, 1.54) is 0 Å². The van der Waals surface area contributed by atoms with Crippen molar-refractivity contribution in [2.45, 2.75) is 25.4 Å². The standard InChI is InChI=1S/C16H18N2O4S/c19-16(15-6-3-4-12-10-17-8-7-14(12)15)18-23(20,21)11-13-5-1-2-9-22-13/h3-4,6-8,10,13H,1-2,5,9,11H2,(H,18,19)/t13-/m0/s1. The molecule has 0 unspecified atom stereocenters. The third kappa shape index (κ3) is 3.86. The molecule has 1 saturated heterocycles. The van der Waals surface area contributed by atoms with Gasteiger partial charge in [0.25, 0.3) is 5.91 Å². The fourth-order valence-electron chi connectivity index (χ4n) is 2.74. The maximum absolute atomic E-state index is 12.4. The minimum absolute atomic E-state index is 0.189. The molecule has 122 valence electrons. The van der Waals surface area contributed by atoms with E-state index in [1.54, 1.807) is 30.6 Å². The summed E-state index contributed by atoms with van der Waals surface area (Å²) in [6.45, 7) is 0.574. The van der Waals surface area contributed by atoms with Gasteiger partial charge in [-0.25, -0.2) is 13.1 Å². The molecule has 1 atom stereocenters. The number of aromatic nitrogens is 1. The molecule has 1 amide bonds. The molecule has 1 fully saturated rings. The van der Waals surface area contributed by atoms with Crippen molar-refractivity contribution in [1.29, 1.82) is 0 Å². The minimum Gasteiger partial charge on any atom is -0.377 e. The first-order valence-electron chi connectivity index (χ1n) is 7.54. The van der Waals surface area contributed by atoms with Gasteiger partial charge in [-0.15, -0.1) is 0 Å². The quantitative estimate of drug-likeness (QED) is 0.922. The second-order valence-corrected chi connectivity index (χ2v) is 7.37. The number of carbonyl (C=O) groups is 1. The molecule has 0 spiro atoms. The number of rotatable bonds is 4. The molecule has 0 radical (unpaired) electrons. The topological polar surface area (TPSA) is 85.4 Å². The molecule has 0 aliphatic carbocycles. The van der Waals surface area contributed by atoms with E-state index in [1.807, 2.05) is 6.07 Å². The van der Waals surface area contributed by atoms with Crippen molar-refractivity contribution in [3.8, 4) is 0 Å². The first-order valence-corrected chi connectivity index (χ1v) is 9.19. The first-order chi connectivity index (χ1) is 11.1. The third-order valence-corrected chi connectivity index (χ3v) is 5.16.